The van der Waals surface area contributed by atoms with Gasteiger partial charge in [-0.25, -0.2) is 0 Å². The first-order chi connectivity index (χ1) is 28.3. The van der Waals surface area contributed by atoms with E-state index in [2.05, 4.69) is 104 Å². The lowest BCUT2D eigenvalue weighted by molar-refractivity contribution is 0.974. The summed E-state index contributed by atoms with van der Waals surface area (Å²) in [6.45, 7) is 2.70. The molecule has 0 aliphatic carbocycles. The zero-order valence-electron chi connectivity index (χ0n) is 31.8. The van der Waals surface area contributed by atoms with Crippen molar-refractivity contribution in [2.24, 2.45) is 0 Å². The lowest BCUT2D eigenvalue weighted by atomic mass is 9.90. The van der Waals surface area contributed by atoms with Crippen LogP contribution in [0.4, 0.5) is 22.7 Å². The average Bonchev–Trinajstić information content (AvgIpc) is 3.27. The van der Waals surface area contributed by atoms with Crippen LogP contribution in [0.1, 0.15) is 29.2 Å². The van der Waals surface area contributed by atoms with Gasteiger partial charge in [0.1, 0.15) is 0 Å². The minimum absolute atomic E-state index is 0.330. The van der Waals surface area contributed by atoms with Crippen molar-refractivity contribution in [1.82, 2.24) is 20.4 Å². The lowest BCUT2D eigenvalue weighted by Crippen LogP contribution is -2.20. The highest BCUT2D eigenvalue weighted by molar-refractivity contribution is 5.87. The van der Waals surface area contributed by atoms with Crippen molar-refractivity contribution in [3.05, 3.63) is 233 Å². The van der Waals surface area contributed by atoms with Crippen LogP contribution in [0, 0.1) is 5.92 Å². The van der Waals surface area contributed by atoms with Gasteiger partial charge in [0.25, 0.3) is 22.2 Å². The van der Waals surface area contributed by atoms with Crippen LogP contribution in [0.3, 0.4) is 0 Å². The van der Waals surface area contributed by atoms with Crippen molar-refractivity contribution in [2.75, 3.05) is 23.4 Å². The molecule has 0 spiro atoms. The van der Waals surface area contributed by atoms with Gasteiger partial charge < -0.3 is 9.80 Å². The number of aromatic amines is 4. The van der Waals surface area contributed by atoms with Gasteiger partial charge in [0.05, 0.1) is 44.3 Å². The van der Waals surface area contributed by atoms with Crippen LogP contribution < -0.4 is 32.0 Å². The minimum Gasteiger partial charge on any atom is -0.345 e. The van der Waals surface area contributed by atoms with Crippen LogP contribution in [-0.4, -0.2) is 34.0 Å². The molecule has 0 aliphatic heterocycles. The van der Waals surface area contributed by atoms with E-state index in [0.717, 1.165) is 56.5 Å². The molecule has 284 valence electrons. The number of H-pyrrole nitrogens is 4. The van der Waals surface area contributed by atoms with Crippen molar-refractivity contribution in [3.63, 3.8) is 0 Å². The number of fused-ring (bicyclic) bond motifs is 2. The van der Waals surface area contributed by atoms with E-state index in [1.54, 1.807) is 24.3 Å². The molecule has 2 heterocycles. The molecule has 4 N–H and O–H groups in total. The highest BCUT2D eigenvalue weighted by Crippen LogP contribution is 2.33. The largest absolute Gasteiger partial charge is 0.345 e. The van der Waals surface area contributed by atoms with Gasteiger partial charge in [-0.05, 0) is 139 Å². The first kappa shape index (κ1) is 37.1. The van der Waals surface area contributed by atoms with Crippen LogP contribution >= 0.6 is 0 Å². The van der Waals surface area contributed by atoms with E-state index in [1.165, 1.54) is 0 Å². The molecule has 0 saturated heterocycles. The summed E-state index contributed by atoms with van der Waals surface area (Å²) in [6.07, 6.45) is 6.34. The normalized spacial score (nSPS) is 11.7. The molecule has 10 heteroatoms. The third-order valence-corrected chi connectivity index (χ3v) is 10.3. The number of allylic oxidation sites excluding steroid dienone is 3. The van der Waals surface area contributed by atoms with E-state index in [-0.39, 0.29) is 22.2 Å². The topological polar surface area (TPSA) is 138 Å². The first-order valence-corrected chi connectivity index (χ1v) is 18.9. The standard InChI is InChI=1S/C48H38N6O4/c1-3-54(38-26-28-42-44(30-38)48(58)52-50-46(42)56)36-23-19-34(20-24-36)40(32-13-8-5-9-14-32)16-10-15-39(31-11-6-4-7-12-31)33-17-21-35(22-18-33)53(2)37-25-27-41-43(29-37)47(57)51-49-45(41)55/h4-30H,3H2,1-2H3,(H3-,49,50,51,52,55,56,57,58)/p+1. The summed E-state index contributed by atoms with van der Waals surface area (Å²) in [5, 5.41) is 10.9. The molecular weight excluding hydrogens is 725 g/mol. The Kier molecular flexibility index (Phi) is 10.3. The number of benzene rings is 6. The Morgan fingerprint density at radius 3 is 1.57 bits per heavy atom. The molecule has 0 atom stereocenters. The van der Waals surface area contributed by atoms with Crippen molar-refractivity contribution >= 4 is 49.9 Å². The van der Waals surface area contributed by atoms with E-state index in [4.69, 9.17) is 0 Å². The second kappa shape index (κ2) is 16.1. The molecule has 58 heavy (non-hydrogen) atoms. The molecule has 0 unspecified atom stereocenters. The molecule has 0 bridgehead atoms. The Bertz CT molecular complexity index is 3040. The zero-order valence-corrected chi connectivity index (χ0v) is 31.8. The highest BCUT2D eigenvalue weighted by Gasteiger charge is 2.19. The van der Waals surface area contributed by atoms with Crippen LogP contribution in [-0.2, 0) is 0 Å². The molecule has 8 aromatic rings. The number of hydrogen-bond acceptors (Lipinski definition) is 6. The van der Waals surface area contributed by atoms with E-state index in [0.29, 0.717) is 28.1 Å². The van der Waals surface area contributed by atoms with Gasteiger partial charge in [-0.2, -0.15) is 0 Å². The van der Waals surface area contributed by atoms with Gasteiger partial charge in [0.15, 0.2) is 0 Å². The van der Waals surface area contributed by atoms with E-state index < -0.39 is 0 Å². The van der Waals surface area contributed by atoms with Gasteiger partial charge in [-0.3, -0.25) is 39.6 Å². The number of aromatic nitrogens is 4. The summed E-state index contributed by atoms with van der Waals surface area (Å²) >= 11 is 0. The fourth-order valence-electron chi connectivity index (χ4n) is 7.25. The first-order valence-electron chi connectivity index (χ1n) is 18.9. The summed E-state index contributed by atoms with van der Waals surface area (Å²) in [6, 6.07) is 47.6. The molecule has 8 rings (SSSR count). The van der Waals surface area contributed by atoms with Gasteiger partial charge in [-0.15, -0.1) is 0 Å². The predicted octanol–water partition coefficient (Wildman–Crippen LogP) is 8.33. The predicted molar refractivity (Wildman–Crippen MR) is 235 cm³/mol. The smallest absolute Gasteiger partial charge is 0.270 e. The summed E-state index contributed by atoms with van der Waals surface area (Å²) in [5.41, 5.74) is 7.33. The fourth-order valence-corrected chi connectivity index (χ4v) is 7.25. The number of nitrogens with one attached hydrogen (secondary N) is 4. The van der Waals surface area contributed by atoms with Gasteiger partial charge in [-0.1, -0.05) is 42.5 Å². The van der Waals surface area contributed by atoms with Crippen molar-refractivity contribution in [2.45, 2.75) is 6.92 Å². The number of rotatable bonds is 11. The third-order valence-electron chi connectivity index (χ3n) is 10.3. The van der Waals surface area contributed by atoms with Crippen molar-refractivity contribution in [1.29, 1.82) is 0 Å². The number of hydrogen-bond donors (Lipinski definition) is 4. The molecular formula is C48H39N6O4+. The van der Waals surface area contributed by atoms with Crippen molar-refractivity contribution < 1.29 is 0 Å². The third kappa shape index (κ3) is 7.42. The molecule has 2 aromatic heterocycles. The molecule has 0 saturated carbocycles. The lowest BCUT2D eigenvalue weighted by Gasteiger charge is -2.23. The summed E-state index contributed by atoms with van der Waals surface area (Å²) in [4.78, 5) is 53.6. The quantitative estimate of drug-likeness (QED) is 0.0773. The Morgan fingerprint density at radius 1 is 0.517 bits per heavy atom. The zero-order chi connectivity index (χ0) is 40.2. The number of nitrogens with zero attached hydrogens (tertiary/aromatic N) is 2. The van der Waals surface area contributed by atoms with E-state index >= 15 is 0 Å². The Balaban J connectivity index is 1.09. The maximum Gasteiger partial charge on any atom is 0.270 e. The van der Waals surface area contributed by atoms with E-state index in [1.807, 2.05) is 79.5 Å². The number of anilines is 4. The maximum atomic E-state index is 12.5. The molecule has 10 nitrogen and oxygen atoms in total. The summed E-state index contributed by atoms with van der Waals surface area (Å²) < 4.78 is 0. The Labute approximate surface area is 333 Å². The van der Waals surface area contributed by atoms with Crippen LogP contribution in [0.2, 0.25) is 0 Å². The van der Waals surface area contributed by atoms with Crippen LogP contribution in [0.25, 0.3) is 27.1 Å². The van der Waals surface area contributed by atoms with Gasteiger partial charge >= 0.3 is 0 Å². The van der Waals surface area contributed by atoms with Gasteiger partial charge in [0, 0.05) is 36.7 Å². The minimum atomic E-state index is -0.351. The monoisotopic (exact) mass is 763 g/mol. The molecule has 0 radical (unpaired) electrons. The average molecular weight is 764 g/mol. The van der Waals surface area contributed by atoms with Crippen LogP contribution in [0.15, 0.2) is 183 Å². The summed E-state index contributed by atoms with van der Waals surface area (Å²) in [5.74, 6) is 1.04. The van der Waals surface area contributed by atoms with Crippen molar-refractivity contribution in [3.8, 4) is 0 Å². The molecule has 6 aromatic carbocycles. The van der Waals surface area contributed by atoms with Crippen LogP contribution in [0.5, 0.6) is 0 Å². The Hall–Kier alpha value is -7.85. The van der Waals surface area contributed by atoms with E-state index in [9.17, 15) is 19.2 Å². The fraction of sp³-hybridized carbons (Fsp3) is 0.0625. The van der Waals surface area contributed by atoms with Gasteiger partial charge in [0.2, 0.25) is 0 Å². The molecule has 0 amide bonds. The Morgan fingerprint density at radius 2 is 0.983 bits per heavy atom. The SMILES string of the molecule is CCN(c1ccc([C+](C=CC=C(c2ccccc2)c2ccc(N(C)c3ccc4c(=O)[nH][nH]c(=O)c4c3)cc2)c2ccccc2)cc1)c1ccc2c(=O)[nH][nH]c(=O)c2c1. The second-order valence-corrected chi connectivity index (χ2v) is 13.8. The summed E-state index contributed by atoms with van der Waals surface area (Å²) in [7, 11) is 1.93. The maximum absolute atomic E-state index is 12.5. The molecule has 0 aliphatic rings. The highest BCUT2D eigenvalue weighted by atomic mass is 16.2. The molecule has 0 fully saturated rings. The second-order valence-electron chi connectivity index (χ2n) is 13.8.